The van der Waals surface area contributed by atoms with Gasteiger partial charge in [-0.25, -0.2) is 4.79 Å². The molecule has 1 aromatic rings. The molecule has 0 unspecified atom stereocenters. The number of rotatable bonds is 2. The Hall–Kier alpha value is -2.30. The standard InChI is InChI=1S/C15H21N3O2/c1-10(15(2,3)4)9-17-14(20)18-13(19)11-5-7-12(16)8-6-11/h5-9H,16H2,1-4H3,(H2,17,18,19,20)/b10-9+. The summed E-state index contributed by atoms with van der Waals surface area (Å²) >= 11 is 0. The number of allylic oxidation sites excluding steroid dienone is 1. The minimum absolute atomic E-state index is 0.0335. The molecule has 108 valence electrons. The summed E-state index contributed by atoms with van der Waals surface area (Å²) in [5, 5.41) is 4.79. The summed E-state index contributed by atoms with van der Waals surface area (Å²) in [6.45, 7) is 8.04. The van der Waals surface area contributed by atoms with Crippen molar-refractivity contribution in [1.29, 1.82) is 0 Å². The zero-order chi connectivity index (χ0) is 15.3. The van der Waals surface area contributed by atoms with E-state index in [2.05, 4.69) is 10.6 Å². The predicted octanol–water partition coefficient (Wildman–Crippen LogP) is 2.66. The Bertz CT molecular complexity index is 525. The molecule has 5 heteroatoms. The fraction of sp³-hybridized carbons (Fsp3) is 0.333. The first-order valence-electron chi connectivity index (χ1n) is 6.35. The molecular formula is C15H21N3O2. The fourth-order valence-electron chi connectivity index (χ4n) is 1.24. The van der Waals surface area contributed by atoms with Gasteiger partial charge in [-0.2, -0.15) is 0 Å². The highest BCUT2D eigenvalue weighted by atomic mass is 16.2. The average Bonchev–Trinajstić information content (AvgIpc) is 2.35. The van der Waals surface area contributed by atoms with E-state index in [1.54, 1.807) is 30.5 Å². The van der Waals surface area contributed by atoms with E-state index < -0.39 is 11.9 Å². The predicted molar refractivity (Wildman–Crippen MR) is 80.1 cm³/mol. The van der Waals surface area contributed by atoms with Gasteiger partial charge in [0.25, 0.3) is 5.91 Å². The Labute approximate surface area is 119 Å². The van der Waals surface area contributed by atoms with Crippen molar-refractivity contribution in [2.24, 2.45) is 5.41 Å². The number of amides is 3. The number of hydrogen-bond donors (Lipinski definition) is 3. The highest BCUT2D eigenvalue weighted by Gasteiger charge is 2.13. The molecule has 0 aliphatic heterocycles. The number of urea groups is 1. The van der Waals surface area contributed by atoms with Crippen molar-refractivity contribution in [3.05, 3.63) is 41.6 Å². The molecule has 0 aromatic heterocycles. The van der Waals surface area contributed by atoms with Gasteiger partial charge in [-0.1, -0.05) is 26.3 Å². The van der Waals surface area contributed by atoms with E-state index in [9.17, 15) is 9.59 Å². The van der Waals surface area contributed by atoms with Crippen LogP contribution in [0.1, 0.15) is 38.1 Å². The van der Waals surface area contributed by atoms with Crippen molar-refractivity contribution < 1.29 is 9.59 Å². The van der Waals surface area contributed by atoms with Crippen LogP contribution in [0.2, 0.25) is 0 Å². The van der Waals surface area contributed by atoms with Crippen LogP contribution in [0.25, 0.3) is 0 Å². The summed E-state index contributed by atoms with van der Waals surface area (Å²) in [5.41, 5.74) is 7.45. The largest absolute Gasteiger partial charge is 0.399 e. The maximum absolute atomic E-state index is 11.8. The van der Waals surface area contributed by atoms with Gasteiger partial charge < -0.3 is 11.1 Å². The molecule has 1 aromatic carbocycles. The van der Waals surface area contributed by atoms with Crippen LogP contribution in [0.5, 0.6) is 0 Å². The van der Waals surface area contributed by atoms with Crippen molar-refractivity contribution in [3.8, 4) is 0 Å². The fourth-order valence-corrected chi connectivity index (χ4v) is 1.24. The molecule has 0 radical (unpaired) electrons. The molecular weight excluding hydrogens is 254 g/mol. The van der Waals surface area contributed by atoms with Crippen LogP contribution < -0.4 is 16.4 Å². The van der Waals surface area contributed by atoms with Crippen molar-refractivity contribution in [3.63, 3.8) is 0 Å². The topological polar surface area (TPSA) is 84.2 Å². The number of nitrogens with two attached hydrogens (primary N) is 1. The van der Waals surface area contributed by atoms with Crippen LogP contribution in [0.4, 0.5) is 10.5 Å². The van der Waals surface area contributed by atoms with Gasteiger partial charge in [-0.15, -0.1) is 0 Å². The summed E-state index contributed by atoms with van der Waals surface area (Å²) in [4.78, 5) is 23.4. The number of carbonyl (C=O) groups is 2. The second-order valence-corrected chi connectivity index (χ2v) is 5.63. The number of hydrogen-bond acceptors (Lipinski definition) is 3. The molecule has 0 saturated carbocycles. The van der Waals surface area contributed by atoms with E-state index in [0.717, 1.165) is 5.57 Å². The Morgan fingerprint density at radius 3 is 2.20 bits per heavy atom. The first kappa shape index (κ1) is 15.8. The Kier molecular flexibility index (Phi) is 4.91. The van der Waals surface area contributed by atoms with Crippen molar-refractivity contribution in [2.75, 3.05) is 5.73 Å². The van der Waals surface area contributed by atoms with Gasteiger partial charge in [0.15, 0.2) is 0 Å². The maximum Gasteiger partial charge on any atom is 0.325 e. The van der Waals surface area contributed by atoms with E-state index in [1.807, 2.05) is 27.7 Å². The Morgan fingerprint density at radius 2 is 1.70 bits per heavy atom. The van der Waals surface area contributed by atoms with Crippen LogP contribution in [0.3, 0.4) is 0 Å². The molecule has 0 spiro atoms. The normalized spacial score (nSPS) is 11.9. The number of nitrogens with one attached hydrogen (secondary N) is 2. The zero-order valence-corrected chi connectivity index (χ0v) is 12.3. The third-order valence-electron chi connectivity index (χ3n) is 3.00. The van der Waals surface area contributed by atoms with E-state index in [-0.39, 0.29) is 5.41 Å². The van der Waals surface area contributed by atoms with Gasteiger partial charge >= 0.3 is 6.03 Å². The minimum Gasteiger partial charge on any atom is -0.399 e. The highest BCUT2D eigenvalue weighted by Crippen LogP contribution is 2.23. The monoisotopic (exact) mass is 275 g/mol. The van der Waals surface area contributed by atoms with Crippen molar-refractivity contribution in [1.82, 2.24) is 10.6 Å². The lowest BCUT2D eigenvalue weighted by Gasteiger charge is -2.19. The van der Waals surface area contributed by atoms with Crippen LogP contribution in [-0.4, -0.2) is 11.9 Å². The Morgan fingerprint density at radius 1 is 1.15 bits per heavy atom. The molecule has 0 saturated heterocycles. The van der Waals surface area contributed by atoms with Gasteiger partial charge in [0.05, 0.1) is 0 Å². The molecule has 5 nitrogen and oxygen atoms in total. The van der Waals surface area contributed by atoms with E-state index >= 15 is 0 Å². The van der Waals surface area contributed by atoms with Gasteiger partial charge in [-0.3, -0.25) is 10.1 Å². The zero-order valence-electron chi connectivity index (χ0n) is 12.3. The van der Waals surface area contributed by atoms with Crippen LogP contribution in [0.15, 0.2) is 36.0 Å². The number of benzene rings is 1. The average molecular weight is 275 g/mol. The summed E-state index contributed by atoms with van der Waals surface area (Å²) < 4.78 is 0. The van der Waals surface area contributed by atoms with Crippen LogP contribution in [0, 0.1) is 5.41 Å². The third-order valence-corrected chi connectivity index (χ3v) is 3.00. The molecule has 0 fully saturated rings. The molecule has 1 rings (SSSR count). The second kappa shape index (κ2) is 6.23. The van der Waals surface area contributed by atoms with Crippen molar-refractivity contribution in [2.45, 2.75) is 27.7 Å². The maximum atomic E-state index is 11.8. The van der Waals surface area contributed by atoms with E-state index in [4.69, 9.17) is 5.73 Å². The van der Waals surface area contributed by atoms with E-state index in [0.29, 0.717) is 11.3 Å². The smallest absolute Gasteiger partial charge is 0.325 e. The number of imide groups is 1. The SMILES string of the molecule is C/C(=C\NC(=O)NC(=O)c1ccc(N)cc1)C(C)(C)C. The summed E-state index contributed by atoms with van der Waals surface area (Å²) in [5.74, 6) is -0.468. The molecule has 0 atom stereocenters. The Balaban J connectivity index is 2.59. The lowest BCUT2D eigenvalue weighted by atomic mass is 9.88. The second-order valence-electron chi connectivity index (χ2n) is 5.63. The third kappa shape index (κ3) is 4.76. The van der Waals surface area contributed by atoms with Gasteiger partial charge in [0.1, 0.15) is 0 Å². The first-order valence-corrected chi connectivity index (χ1v) is 6.35. The van der Waals surface area contributed by atoms with Crippen LogP contribution >= 0.6 is 0 Å². The molecule has 20 heavy (non-hydrogen) atoms. The van der Waals surface area contributed by atoms with Gasteiger partial charge in [-0.05, 0) is 36.6 Å². The van der Waals surface area contributed by atoms with Gasteiger partial charge in [0, 0.05) is 17.5 Å². The molecule has 4 N–H and O–H groups in total. The summed E-state index contributed by atoms with van der Waals surface area (Å²) in [7, 11) is 0. The molecule has 0 bridgehead atoms. The number of anilines is 1. The van der Waals surface area contributed by atoms with Crippen LogP contribution in [-0.2, 0) is 0 Å². The summed E-state index contributed by atoms with van der Waals surface area (Å²) in [6, 6.07) is 5.78. The molecule has 0 heterocycles. The minimum atomic E-state index is -0.560. The van der Waals surface area contributed by atoms with Crippen molar-refractivity contribution >= 4 is 17.6 Å². The van der Waals surface area contributed by atoms with E-state index in [1.165, 1.54) is 0 Å². The molecule has 3 amide bonds. The van der Waals surface area contributed by atoms with Gasteiger partial charge in [0.2, 0.25) is 0 Å². The number of carbonyl (C=O) groups excluding carboxylic acids is 2. The number of nitrogen functional groups attached to an aromatic ring is 1. The lowest BCUT2D eigenvalue weighted by Crippen LogP contribution is -2.37. The first-order chi connectivity index (χ1) is 9.20. The summed E-state index contributed by atoms with van der Waals surface area (Å²) in [6.07, 6.45) is 1.60. The molecule has 0 aliphatic rings. The molecule has 0 aliphatic carbocycles. The lowest BCUT2D eigenvalue weighted by molar-refractivity contribution is 0.0965. The highest BCUT2D eigenvalue weighted by molar-refractivity contribution is 6.04. The quantitative estimate of drug-likeness (QED) is 0.725.